The fourth-order valence-electron chi connectivity index (χ4n) is 2.87. The molecule has 1 N–H and O–H groups in total. The lowest BCUT2D eigenvalue weighted by molar-refractivity contribution is 0.619. The first kappa shape index (κ1) is 14.3. The van der Waals surface area contributed by atoms with Crippen LogP contribution in [0.5, 0.6) is 0 Å². The Kier molecular flexibility index (Phi) is 3.58. The molecule has 0 amide bonds. The summed E-state index contributed by atoms with van der Waals surface area (Å²) < 4.78 is 1.81. The van der Waals surface area contributed by atoms with Crippen LogP contribution in [0.2, 0.25) is 0 Å². The molecule has 2 heterocycles. The fraction of sp³-hybridized carbons (Fsp3) is 0.222. The molecule has 0 saturated carbocycles. The van der Waals surface area contributed by atoms with Crippen molar-refractivity contribution in [1.82, 2.24) is 9.55 Å². The second-order valence-electron chi connectivity index (χ2n) is 5.79. The minimum Gasteiger partial charge on any atom is -0.353 e. The molecule has 0 fully saturated rings. The van der Waals surface area contributed by atoms with Crippen molar-refractivity contribution in [3.8, 4) is 0 Å². The monoisotopic (exact) mass is 323 g/mol. The largest absolute Gasteiger partial charge is 0.353 e. The molecule has 116 valence electrons. The lowest BCUT2D eigenvalue weighted by atomic mass is 10.2. The Hall–Kier alpha value is -2.27. The Balaban J connectivity index is 1.63. The molecule has 2 aromatic carbocycles. The van der Waals surface area contributed by atoms with E-state index in [0.29, 0.717) is 11.3 Å². The Morgan fingerprint density at radius 1 is 1.22 bits per heavy atom. The summed E-state index contributed by atoms with van der Waals surface area (Å²) in [5.41, 5.74) is 2.06. The van der Waals surface area contributed by atoms with Gasteiger partial charge in [0.1, 0.15) is 0 Å². The molecule has 0 unspecified atom stereocenters. The van der Waals surface area contributed by atoms with Crippen molar-refractivity contribution in [2.24, 2.45) is 0 Å². The van der Waals surface area contributed by atoms with E-state index in [0.717, 1.165) is 17.8 Å². The quantitative estimate of drug-likeness (QED) is 0.750. The van der Waals surface area contributed by atoms with Gasteiger partial charge in [0.2, 0.25) is 5.95 Å². The van der Waals surface area contributed by atoms with Gasteiger partial charge in [0.25, 0.3) is 5.56 Å². The number of fused-ring (bicyclic) bond motifs is 2. The van der Waals surface area contributed by atoms with E-state index >= 15 is 0 Å². The van der Waals surface area contributed by atoms with Gasteiger partial charge in [0.05, 0.1) is 16.9 Å². The van der Waals surface area contributed by atoms with Gasteiger partial charge in [-0.25, -0.2) is 4.98 Å². The molecule has 0 radical (unpaired) electrons. The van der Waals surface area contributed by atoms with E-state index in [2.05, 4.69) is 41.5 Å². The number of thioether (sulfide) groups is 1. The highest BCUT2D eigenvalue weighted by atomic mass is 32.2. The minimum atomic E-state index is 0.0464. The van der Waals surface area contributed by atoms with Gasteiger partial charge in [-0.2, -0.15) is 0 Å². The van der Waals surface area contributed by atoms with Crippen LogP contribution in [-0.4, -0.2) is 21.8 Å². The standard InChI is InChI=1S/C18H17N3OS/c1-12-6-8-14(9-7-12)23-11-13-10-19-18-20-16-5-3-2-4-15(16)17(22)21(13)18/h2-9,13H,10-11H2,1H3,(H,19,20)/t13-/m1/s1. The molecule has 0 saturated heterocycles. The normalized spacial score (nSPS) is 16.3. The third kappa shape index (κ3) is 2.61. The average molecular weight is 323 g/mol. The van der Waals surface area contributed by atoms with Gasteiger partial charge in [0, 0.05) is 17.2 Å². The lowest BCUT2D eigenvalue weighted by Crippen LogP contribution is -2.24. The summed E-state index contributed by atoms with van der Waals surface area (Å²) in [5, 5.41) is 3.95. The Labute approximate surface area is 138 Å². The first-order valence-electron chi connectivity index (χ1n) is 7.67. The van der Waals surface area contributed by atoms with Crippen LogP contribution in [0.3, 0.4) is 0 Å². The molecule has 1 aromatic heterocycles. The first-order valence-corrected chi connectivity index (χ1v) is 8.65. The van der Waals surface area contributed by atoms with Gasteiger partial charge in [-0.05, 0) is 31.2 Å². The van der Waals surface area contributed by atoms with E-state index in [1.54, 1.807) is 11.8 Å². The third-order valence-electron chi connectivity index (χ3n) is 4.13. The van der Waals surface area contributed by atoms with Crippen LogP contribution >= 0.6 is 11.8 Å². The van der Waals surface area contributed by atoms with Crippen molar-refractivity contribution in [1.29, 1.82) is 0 Å². The summed E-state index contributed by atoms with van der Waals surface area (Å²) >= 11 is 1.78. The Bertz CT molecular complexity index is 918. The zero-order valence-electron chi connectivity index (χ0n) is 12.8. The van der Waals surface area contributed by atoms with Crippen LogP contribution in [0.1, 0.15) is 11.6 Å². The molecular formula is C18H17N3OS. The molecular weight excluding hydrogens is 306 g/mol. The second-order valence-corrected chi connectivity index (χ2v) is 6.88. The number of aromatic nitrogens is 2. The molecule has 3 aromatic rings. The van der Waals surface area contributed by atoms with Crippen molar-refractivity contribution < 1.29 is 0 Å². The number of nitrogens with one attached hydrogen (secondary N) is 1. The fourth-order valence-corrected chi connectivity index (χ4v) is 3.85. The van der Waals surface area contributed by atoms with Crippen molar-refractivity contribution in [2.45, 2.75) is 17.9 Å². The molecule has 5 heteroatoms. The predicted molar refractivity (Wildman–Crippen MR) is 95.4 cm³/mol. The molecule has 0 spiro atoms. The maximum absolute atomic E-state index is 12.8. The summed E-state index contributed by atoms with van der Waals surface area (Å²) in [7, 11) is 0. The number of rotatable bonds is 3. The zero-order chi connectivity index (χ0) is 15.8. The summed E-state index contributed by atoms with van der Waals surface area (Å²) in [6.07, 6.45) is 0. The van der Waals surface area contributed by atoms with E-state index in [-0.39, 0.29) is 11.6 Å². The van der Waals surface area contributed by atoms with Crippen molar-refractivity contribution in [3.63, 3.8) is 0 Å². The van der Waals surface area contributed by atoms with Gasteiger partial charge < -0.3 is 5.32 Å². The van der Waals surface area contributed by atoms with E-state index in [9.17, 15) is 4.79 Å². The van der Waals surface area contributed by atoms with Crippen LogP contribution in [-0.2, 0) is 0 Å². The van der Waals surface area contributed by atoms with Crippen molar-refractivity contribution in [3.05, 3.63) is 64.4 Å². The van der Waals surface area contributed by atoms with E-state index < -0.39 is 0 Å². The highest BCUT2D eigenvalue weighted by molar-refractivity contribution is 7.99. The number of hydrogen-bond donors (Lipinski definition) is 1. The Morgan fingerprint density at radius 2 is 2.00 bits per heavy atom. The SMILES string of the molecule is Cc1ccc(SC[C@H]2CNc3nc4ccccc4c(=O)n32)cc1. The highest BCUT2D eigenvalue weighted by Crippen LogP contribution is 2.28. The summed E-state index contributed by atoms with van der Waals surface area (Å²) in [6, 6.07) is 16.1. The molecule has 23 heavy (non-hydrogen) atoms. The number of nitrogens with zero attached hydrogens (tertiary/aromatic N) is 2. The van der Waals surface area contributed by atoms with Crippen LogP contribution < -0.4 is 10.9 Å². The van der Waals surface area contributed by atoms with Gasteiger partial charge in [-0.1, -0.05) is 29.8 Å². The number of aryl methyl sites for hydroxylation is 1. The van der Waals surface area contributed by atoms with E-state index in [1.807, 2.05) is 28.8 Å². The second kappa shape index (κ2) is 5.74. The van der Waals surface area contributed by atoms with Crippen LogP contribution in [0.4, 0.5) is 5.95 Å². The van der Waals surface area contributed by atoms with Gasteiger partial charge >= 0.3 is 0 Å². The molecule has 4 nitrogen and oxygen atoms in total. The zero-order valence-corrected chi connectivity index (χ0v) is 13.6. The number of benzene rings is 2. The highest BCUT2D eigenvalue weighted by Gasteiger charge is 2.25. The van der Waals surface area contributed by atoms with Crippen LogP contribution in [0.25, 0.3) is 10.9 Å². The molecule has 1 atom stereocenters. The van der Waals surface area contributed by atoms with E-state index in [4.69, 9.17) is 0 Å². The lowest BCUT2D eigenvalue weighted by Gasteiger charge is -2.13. The molecule has 1 aliphatic heterocycles. The summed E-state index contributed by atoms with van der Waals surface area (Å²) in [4.78, 5) is 18.6. The van der Waals surface area contributed by atoms with E-state index in [1.165, 1.54) is 10.5 Å². The summed E-state index contributed by atoms with van der Waals surface area (Å²) in [5.74, 6) is 1.53. The van der Waals surface area contributed by atoms with Gasteiger partial charge in [0.15, 0.2) is 0 Å². The number of para-hydroxylation sites is 1. The maximum atomic E-state index is 12.8. The van der Waals surface area contributed by atoms with Crippen molar-refractivity contribution in [2.75, 3.05) is 17.6 Å². The molecule has 1 aliphatic rings. The number of hydrogen-bond acceptors (Lipinski definition) is 4. The first-order chi connectivity index (χ1) is 11.2. The number of anilines is 1. The van der Waals surface area contributed by atoms with Crippen LogP contribution in [0.15, 0.2) is 58.2 Å². The summed E-state index contributed by atoms with van der Waals surface area (Å²) in [6.45, 7) is 2.83. The topological polar surface area (TPSA) is 46.9 Å². The maximum Gasteiger partial charge on any atom is 0.263 e. The predicted octanol–water partition coefficient (Wildman–Crippen LogP) is 3.46. The smallest absolute Gasteiger partial charge is 0.263 e. The third-order valence-corrected chi connectivity index (χ3v) is 5.29. The van der Waals surface area contributed by atoms with Crippen molar-refractivity contribution >= 4 is 28.6 Å². The minimum absolute atomic E-state index is 0.0464. The average Bonchev–Trinajstić information content (AvgIpc) is 2.98. The van der Waals surface area contributed by atoms with Crippen LogP contribution in [0, 0.1) is 6.92 Å². The Morgan fingerprint density at radius 3 is 2.83 bits per heavy atom. The molecule has 0 aliphatic carbocycles. The molecule has 0 bridgehead atoms. The van der Waals surface area contributed by atoms with Gasteiger partial charge in [-0.15, -0.1) is 11.8 Å². The van der Waals surface area contributed by atoms with Gasteiger partial charge in [-0.3, -0.25) is 9.36 Å². The molecule has 4 rings (SSSR count).